The van der Waals surface area contributed by atoms with Crippen LogP contribution < -0.4 is 9.64 Å². The first-order valence-corrected chi connectivity index (χ1v) is 11.2. The van der Waals surface area contributed by atoms with Crippen LogP contribution in [0.1, 0.15) is 37.4 Å². The van der Waals surface area contributed by atoms with E-state index in [2.05, 4.69) is 23.2 Å². The van der Waals surface area contributed by atoms with Crippen LogP contribution in [0.3, 0.4) is 0 Å². The summed E-state index contributed by atoms with van der Waals surface area (Å²) in [6.45, 7) is 0.699. The van der Waals surface area contributed by atoms with E-state index in [1.807, 2.05) is 36.4 Å². The van der Waals surface area contributed by atoms with Crippen molar-refractivity contribution >= 4 is 17.9 Å². The van der Waals surface area contributed by atoms with Crippen LogP contribution in [0.25, 0.3) is 11.1 Å². The maximum Gasteiger partial charge on any atom is 0.258 e. The van der Waals surface area contributed by atoms with Crippen molar-refractivity contribution in [2.24, 2.45) is 0 Å². The standard InChI is InChI=1S/C29H21N3O3/c30-15-20-13-21(17-31-16-20)19-35-28-14-23(9-10-24(28)18-33)29(34)32-12-11-26-25(7-4-8-27(26)32)22-5-2-1-3-6-22/h1-10,13-14,16-18H,11-12,19H2. The minimum atomic E-state index is -0.149. The number of ether oxygens (including phenoxy) is 1. The molecular formula is C29H21N3O3. The Morgan fingerprint density at radius 3 is 2.71 bits per heavy atom. The number of aromatic nitrogens is 1. The molecule has 1 amide bonds. The number of nitriles is 1. The molecule has 0 atom stereocenters. The van der Waals surface area contributed by atoms with E-state index in [4.69, 9.17) is 10.00 Å². The molecule has 6 nitrogen and oxygen atoms in total. The zero-order valence-corrected chi connectivity index (χ0v) is 18.8. The van der Waals surface area contributed by atoms with Gasteiger partial charge in [0.05, 0.1) is 11.1 Å². The summed E-state index contributed by atoms with van der Waals surface area (Å²) in [5, 5.41) is 9.06. The predicted octanol–water partition coefficient (Wildman–Crippen LogP) is 5.21. The van der Waals surface area contributed by atoms with E-state index in [9.17, 15) is 9.59 Å². The maximum atomic E-state index is 13.5. The molecule has 6 heteroatoms. The van der Waals surface area contributed by atoms with Crippen molar-refractivity contribution in [1.82, 2.24) is 4.98 Å². The Morgan fingerprint density at radius 2 is 1.91 bits per heavy atom. The van der Waals surface area contributed by atoms with Crippen molar-refractivity contribution in [2.45, 2.75) is 13.0 Å². The Balaban J connectivity index is 1.41. The van der Waals surface area contributed by atoms with Crippen molar-refractivity contribution in [2.75, 3.05) is 11.4 Å². The molecule has 0 saturated heterocycles. The van der Waals surface area contributed by atoms with Crippen molar-refractivity contribution in [3.05, 3.63) is 113 Å². The van der Waals surface area contributed by atoms with E-state index in [0.717, 1.165) is 28.8 Å². The highest BCUT2D eigenvalue weighted by atomic mass is 16.5. The molecule has 0 fully saturated rings. The Hall–Kier alpha value is -4.76. The SMILES string of the molecule is N#Cc1cncc(COc2cc(C(=O)N3CCc4c(-c5ccccc5)cccc43)ccc2C=O)c1. The number of benzene rings is 3. The lowest BCUT2D eigenvalue weighted by molar-refractivity contribution is 0.0987. The third-order valence-corrected chi connectivity index (χ3v) is 6.06. The topological polar surface area (TPSA) is 83.3 Å². The van der Waals surface area contributed by atoms with Crippen LogP contribution in [0.4, 0.5) is 5.69 Å². The normalized spacial score (nSPS) is 12.0. The Morgan fingerprint density at radius 1 is 1.06 bits per heavy atom. The van der Waals surface area contributed by atoms with Gasteiger partial charge in [-0.25, -0.2) is 0 Å². The number of rotatable bonds is 6. The van der Waals surface area contributed by atoms with Gasteiger partial charge < -0.3 is 9.64 Å². The number of aldehydes is 1. The van der Waals surface area contributed by atoms with Gasteiger partial charge in [-0.3, -0.25) is 14.6 Å². The molecule has 0 spiro atoms. The first kappa shape index (κ1) is 22.1. The fourth-order valence-electron chi connectivity index (χ4n) is 4.37. The number of fused-ring (bicyclic) bond motifs is 1. The van der Waals surface area contributed by atoms with Crippen LogP contribution in [0.2, 0.25) is 0 Å². The van der Waals surface area contributed by atoms with E-state index < -0.39 is 0 Å². The third kappa shape index (κ3) is 4.40. The van der Waals surface area contributed by atoms with E-state index in [1.165, 1.54) is 6.20 Å². The maximum absolute atomic E-state index is 13.5. The van der Waals surface area contributed by atoms with Crippen LogP contribution in [-0.4, -0.2) is 23.7 Å². The minimum absolute atomic E-state index is 0.119. The van der Waals surface area contributed by atoms with Gasteiger partial charge >= 0.3 is 0 Å². The van der Waals surface area contributed by atoms with Crippen LogP contribution in [0.5, 0.6) is 5.75 Å². The quantitative estimate of drug-likeness (QED) is 0.370. The molecule has 0 unspecified atom stereocenters. The molecule has 3 aromatic carbocycles. The third-order valence-electron chi connectivity index (χ3n) is 6.06. The van der Waals surface area contributed by atoms with Crippen molar-refractivity contribution in [3.8, 4) is 22.9 Å². The lowest BCUT2D eigenvalue weighted by Crippen LogP contribution is -2.28. The van der Waals surface area contributed by atoms with Gasteiger partial charge in [0.1, 0.15) is 18.4 Å². The largest absolute Gasteiger partial charge is 0.488 e. The molecule has 0 aliphatic carbocycles. The summed E-state index contributed by atoms with van der Waals surface area (Å²) in [6, 6.07) is 24.7. The second-order valence-electron chi connectivity index (χ2n) is 8.23. The molecule has 1 aliphatic rings. The van der Waals surface area contributed by atoms with Crippen molar-refractivity contribution in [1.29, 1.82) is 5.26 Å². The smallest absolute Gasteiger partial charge is 0.258 e. The summed E-state index contributed by atoms with van der Waals surface area (Å²) < 4.78 is 5.86. The fraction of sp³-hybridized carbons (Fsp3) is 0.103. The number of nitrogens with zero attached hydrogens (tertiary/aromatic N) is 3. The van der Waals surface area contributed by atoms with Gasteiger partial charge in [0.2, 0.25) is 0 Å². The van der Waals surface area contributed by atoms with Crippen molar-refractivity contribution in [3.63, 3.8) is 0 Å². The summed E-state index contributed by atoms with van der Waals surface area (Å²) in [4.78, 5) is 30.9. The molecule has 4 aromatic rings. The number of pyridine rings is 1. The molecule has 0 saturated carbocycles. The van der Waals surface area contributed by atoms with E-state index >= 15 is 0 Å². The average molecular weight is 460 g/mol. The van der Waals surface area contributed by atoms with Gasteiger partial charge in [-0.1, -0.05) is 42.5 Å². The van der Waals surface area contributed by atoms with E-state index in [-0.39, 0.29) is 12.5 Å². The number of anilines is 1. The molecule has 0 N–H and O–H groups in total. The molecule has 0 bridgehead atoms. The van der Waals surface area contributed by atoms with Crippen LogP contribution >= 0.6 is 0 Å². The Kier molecular flexibility index (Phi) is 6.06. The summed E-state index contributed by atoms with van der Waals surface area (Å²) in [7, 11) is 0. The first-order chi connectivity index (χ1) is 17.2. The average Bonchev–Trinajstić information content (AvgIpc) is 3.36. The zero-order valence-electron chi connectivity index (χ0n) is 18.8. The molecular weight excluding hydrogens is 438 g/mol. The zero-order chi connectivity index (χ0) is 24.2. The van der Waals surface area contributed by atoms with Crippen LogP contribution in [0.15, 0.2) is 85.2 Å². The predicted molar refractivity (Wildman–Crippen MR) is 132 cm³/mol. The van der Waals surface area contributed by atoms with Gasteiger partial charge in [-0.15, -0.1) is 0 Å². The lowest BCUT2D eigenvalue weighted by Gasteiger charge is -2.19. The summed E-state index contributed by atoms with van der Waals surface area (Å²) in [5.74, 6) is 0.162. The highest BCUT2D eigenvalue weighted by molar-refractivity contribution is 6.08. The number of hydrogen-bond acceptors (Lipinski definition) is 5. The van der Waals surface area contributed by atoms with E-state index in [1.54, 1.807) is 35.4 Å². The summed E-state index contributed by atoms with van der Waals surface area (Å²) >= 11 is 0. The minimum Gasteiger partial charge on any atom is -0.488 e. The van der Waals surface area contributed by atoms with Gasteiger partial charge in [-0.2, -0.15) is 5.26 Å². The van der Waals surface area contributed by atoms with Gasteiger partial charge in [-0.05, 0) is 53.4 Å². The second-order valence-corrected chi connectivity index (χ2v) is 8.23. The second kappa shape index (κ2) is 9.62. The molecule has 0 radical (unpaired) electrons. The fourth-order valence-corrected chi connectivity index (χ4v) is 4.37. The lowest BCUT2D eigenvalue weighted by atomic mass is 9.98. The molecule has 5 rings (SSSR count). The molecule has 2 heterocycles. The van der Waals surface area contributed by atoms with Gasteiger partial charge in [0.15, 0.2) is 6.29 Å². The Labute approximate surface area is 203 Å². The van der Waals surface area contributed by atoms with Crippen molar-refractivity contribution < 1.29 is 14.3 Å². The number of carbonyl (C=O) groups excluding carboxylic acids is 2. The molecule has 1 aromatic heterocycles. The van der Waals surface area contributed by atoms with Crippen LogP contribution in [0, 0.1) is 11.3 Å². The number of carbonyl (C=O) groups is 2. The van der Waals surface area contributed by atoms with Gasteiger partial charge in [0.25, 0.3) is 5.91 Å². The highest BCUT2D eigenvalue weighted by Gasteiger charge is 2.28. The van der Waals surface area contributed by atoms with E-state index in [0.29, 0.717) is 40.8 Å². The molecule has 35 heavy (non-hydrogen) atoms. The number of hydrogen-bond donors (Lipinski definition) is 0. The Bertz CT molecular complexity index is 1460. The monoisotopic (exact) mass is 459 g/mol. The highest BCUT2D eigenvalue weighted by Crippen LogP contribution is 2.37. The summed E-state index contributed by atoms with van der Waals surface area (Å²) in [5.41, 5.74) is 6.21. The van der Waals surface area contributed by atoms with Gasteiger partial charge in [0, 0.05) is 35.8 Å². The first-order valence-electron chi connectivity index (χ1n) is 11.2. The van der Waals surface area contributed by atoms with Crippen LogP contribution in [-0.2, 0) is 13.0 Å². The number of amides is 1. The molecule has 1 aliphatic heterocycles. The molecule has 170 valence electrons. The summed E-state index contributed by atoms with van der Waals surface area (Å²) in [6.07, 6.45) is 4.54.